The van der Waals surface area contributed by atoms with Gasteiger partial charge in [0, 0.05) is 19.3 Å². The summed E-state index contributed by atoms with van der Waals surface area (Å²) in [4.78, 5) is 2.21. The van der Waals surface area contributed by atoms with E-state index in [1.165, 1.54) is 42.5 Å². The minimum absolute atomic E-state index is 0.131. The number of nitrogens with zero attached hydrogens (tertiary/aromatic N) is 2. The van der Waals surface area contributed by atoms with Crippen LogP contribution in [0.5, 0.6) is 0 Å². The highest BCUT2D eigenvalue weighted by Gasteiger charge is 2.13. The van der Waals surface area contributed by atoms with Crippen molar-refractivity contribution in [3.8, 4) is 6.07 Å². The summed E-state index contributed by atoms with van der Waals surface area (Å²) in [5.74, 6) is 0.131. The van der Waals surface area contributed by atoms with Crippen LogP contribution in [0.25, 0.3) is 0 Å². The van der Waals surface area contributed by atoms with E-state index in [9.17, 15) is 0 Å². The van der Waals surface area contributed by atoms with Crippen LogP contribution in [0.3, 0.4) is 0 Å². The zero-order chi connectivity index (χ0) is 13.0. The minimum Gasteiger partial charge on any atom is -0.373 e. The normalized spacial score (nSPS) is 15.6. The molecule has 2 rings (SSSR count). The summed E-state index contributed by atoms with van der Waals surface area (Å²) in [6, 6.07) is 9.17. The van der Waals surface area contributed by atoms with Crippen LogP contribution in [0, 0.1) is 17.2 Å². The maximum Gasteiger partial charge on any atom is 0.0674 e. The van der Waals surface area contributed by atoms with E-state index in [2.05, 4.69) is 43.1 Å². The topological polar surface area (TPSA) is 27.0 Å². The van der Waals surface area contributed by atoms with Crippen LogP contribution >= 0.6 is 0 Å². The Morgan fingerprint density at radius 2 is 2.00 bits per heavy atom. The van der Waals surface area contributed by atoms with Gasteiger partial charge < -0.3 is 4.90 Å². The summed E-state index contributed by atoms with van der Waals surface area (Å²) in [5, 5.41) is 9.04. The zero-order valence-electron chi connectivity index (χ0n) is 11.4. The Hall–Kier alpha value is -1.49. The molecular weight excluding hydrogens is 220 g/mol. The van der Waals surface area contributed by atoms with Gasteiger partial charge >= 0.3 is 0 Å². The maximum atomic E-state index is 9.04. The Bertz CT molecular complexity index is 445. The second-order valence-electron chi connectivity index (χ2n) is 5.27. The summed E-state index contributed by atoms with van der Waals surface area (Å²) in [6.07, 6.45) is 6.01. The highest BCUT2D eigenvalue weighted by atomic mass is 15.1. The van der Waals surface area contributed by atoms with E-state index in [-0.39, 0.29) is 5.92 Å². The molecule has 96 valence electrons. The molecule has 0 aromatic heterocycles. The third kappa shape index (κ3) is 2.85. The molecule has 0 aliphatic heterocycles. The summed E-state index contributed by atoms with van der Waals surface area (Å²) < 4.78 is 0. The van der Waals surface area contributed by atoms with Crippen LogP contribution < -0.4 is 4.90 Å². The number of nitriles is 1. The van der Waals surface area contributed by atoms with Crippen molar-refractivity contribution in [2.24, 2.45) is 5.92 Å². The molecule has 1 aliphatic carbocycles. The van der Waals surface area contributed by atoms with E-state index in [1.807, 2.05) is 0 Å². The van der Waals surface area contributed by atoms with Crippen molar-refractivity contribution in [1.29, 1.82) is 5.26 Å². The van der Waals surface area contributed by atoms with Crippen LogP contribution in [0.2, 0.25) is 0 Å². The Morgan fingerprint density at radius 3 is 2.67 bits per heavy atom. The summed E-state index contributed by atoms with van der Waals surface area (Å²) in [7, 11) is 2.09. The lowest BCUT2D eigenvalue weighted by molar-refractivity contribution is 0.630. The van der Waals surface area contributed by atoms with Gasteiger partial charge in [-0.2, -0.15) is 5.26 Å². The molecule has 18 heavy (non-hydrogen) atoms. The lowest BCUT2D eigenvalue weighted by Gasteiger charge is -2.24. The van der Waals surface area contributed by atoms with Crippen LogP contribution in [-0.4, -0.2) is 13.6 Å². The molecule has 0 radical (unpaired) electrons. The van der Waals surface area contributed by atoms with Crippen molar-refractivity contribution in [3.05, 3.63) is 29.3 Å². The van der Waals surface area contributed by atoms with Crippen molar-refractivity contribution >= 4 is 5.69 Å². The molecule has 0 N–H and O–H groups in total. The SMILES string of the molecule is CCC(C#N)CN(C)c1ccc2c(c1)CCCC2. The molecule has 0 saturated heterocycles. The molecule has 0 heterocycles. The number of fused-ring (bicyclic) bond motifs is 1. The van der Waals surface area contributed by atoms with Crippen molar-refractivity contribution in [2.75, 3.05) is 18.5 Å². The standard InChI is InChI=1S/C16H22N2/c1-3-13(11-17)12-18(2)16-9-8-14-6-4-5-7-15(14)10-16/h8-10,13H,3-7,12H2,1-2H3. The number of rotatable bonds is 4. The summed E-state index contributed by atoms with van der Waals surface area (Å²) in [5.41, 5.74) is 4.28. The average molecular weight is 242 g/mol. The van der Waals surface area contributed by atoms with Gasteiger partial charge in [-0.05, 0) is 55.4 Å². The van der Waals surface area contributed by atoms with Gasteiger partial charge in [0.25, 0.3) is 0 Å². The van der Waals surface area contributed by atoms with Gasteiger partial charge in [-0.25, -0.2) is 0 Å². The Balaban J connectivity index is 2.11. The van der Waals surface area contributed by atoms with Gasteiger partial charge in [0.2, 0.25) is 0 Å². The summed E-state index contributed by atoms with van der Waals surface area (Å²) >= 11 is 0. The first-order valence-electron chi connectivity index (χ1n) is 6.97. The largest absolute Gasteiger partial charge is 0.373 e. The van der Waals surface area contributed by atoms with Gasteiger partial charge in [0.1, 0.15) is 0 Å². The van der Waals surface area contributed by atoms with Gasteiger partial charge in [0.05, 0.1) is 12.0 Å². The highest BCUT2D eigenvalue weighted by molar-refractivity contribution is 5.51. The van der Waals surface area contributed by atoms with E-state index in [4.69, 9.17) is 5.26 Å². The number of hydrogen-bond acceptors (Lipinski definition) is 2. The predicted molar refractivity (Wildman–Crippen MR) is 75.7 cm³/mol. The molecule has 1 atom stereocenters. The third-order valence-corrected chi connectivity index (χ3v) is 3.94. The van der Waals surface area contributed by atoms with E-state index >= 15 is 0 Å². The molecule has 2 heteroatoms. The summed E-state index contributed by atoms with van der Waals surface area (Å²) in [6.45, 7) is 2.90. The van der Waals surface area contributed by atoms with Crippen LogP contribution in [0.4, 0.5) is 5.69 Å². The fraction of sp³-hybridized carbons (Fsp3) is 0.562. The van der Waals surface area contributed by atoms with Crippen molar-refractivity contribution in [1.82, 2.24) is 0 Å². The van der Waals surface area contributed by atoms with Crippen LogP contribution in [0.15, 0.2) is 18.2 Å². The lowest BCUT2D eigenvalue weighted by atomic mass is 9.91. The molecule has 1 aliphatic rings. The van der Waals surface area contributed by atoms with E-state index in [0.29, 0.717) is 0 Å². The molecular formula is C16H22N2. The van der Waals surface area contributed by atoms with Crippen molar-refractivity contribution in [2.45, 2.75) is 39.0 Å². The molecule has 0 saturated carbocycles. The fourth-order valence-corrected chi connectivity index (χ4v) is 2.65. The molecule has 0 amide bonds. The first kappa shape index (κ1) is 13.0. The molecule has 2 nitrogen and oxygen atoms in total. The Labute approximate surface area is 110 Å². The Kier molecular flexibility index (Phi) is 4.25. The van der Waals surface area contributed by atoms with Crippen LogP contribution in [0.1, 0.15) is 37.3 Å². The van der Waals surface area contributed by atoms with Crippen molar-refractivity contribution < 1.29 is 0 Å². The third-order valence-electron chi connectivity index (χ3n) is 3.94. The molecule has 0 bridgehead atoms. The van der Waals surface area contributed by atoms with E-state index in [1.54, 1.807) is 0 Å². The van der Waals surface area contributed by atoms with Gasteiger partial charge in [-0.3, -0.25) is 0 Å². The van der Waals surface area contributed by atoms with Gasteiger partial charge in [-0.15, -0.1) is 0 Å². The molecule has 1 aromatic rings. The minimum atomic E-state index is 0.131. The van der Waals surface area contributed by atoms with Crippen molar-refractivity contribution in [3.63, 3.8) is 0 Å². The molecule has 1 aromatic carbocycles. The van der Waals surface area contributed by atoms with E-state index in [0.717, 1.165) is 13.0 Å². The number of hydrogen-bond donors (Lipinski definition) is 0. The van der Waals surface area contributed by atoms with Gasteiger partial charge in [0.15, 0.2) is 0 Å². The Morgan fingerprint density at radius 1 is 1.28 bits per heavy atom. The number of benzene rings is 1. The molecule has 1 unspecified atom stereocenters. The number of aryl methyl sites for hydroxylation is 2. The average Bonchev–Trinajstić information content (AvgIpc) is 2.44. The monoisotopic (exact) mass is 242 g/mol. The second kappa shape index (κ2) is 5.91. The molecule has 0 spiro atoms. The smallest absolute Gasteiger partial charge is 0.0674 e. The molecule has 0 fully saturated rings. The maximum absolute atomic E-state index is 9.04. The lowest BCUT2D eigenvalue weighted by Crippen LogP contribution is -2.24. The fourth-order valence-electron chi connectivity index (χ4n) is 2.65. The first-order valence-corrected chi connectivity index (χ1v) is 6.97. The predicted octanol–water partition coefficient (Wildman–Crippen LogP) is 3.55. The van der Waals surface area contributed by atoms with Crippen LogP contribution in [-0.2, 0) is 12.8 Å². The zero-order valence-corrected chi connectivity index (χ0v) is 11.4. The quantitative estimate of drug-likeness (QED) is 0.807. The first-order chi connectivity index (χ1) is 8.74. The number of anilines is 1. The van der Waals surface area contributed by atoms with Gasteiger partial charge in [-0.1, -0.05) is 13.0 Å². The van der Waals surface area contributed by atoms with E-state index < -0.39 is 0 Å². The highest BCUT2D eigenvalue weighted by Crippen LogP contribution is 2.26. The second-order valence-corrected chi connectivity index (χ2v) is 5.27.